The molecule has 0 saturated heterocycles. The van der Waals surface area contributed by atoms with Crippen LogP contribution in [-0.2, 0) is 4.79 Å². The number of halogens is 6. The number of hydrogen-bond donors (Lipinski definition) is 2. The van der Waals surface area contributed by atoms with Crippen LogP contribution in [0.3, 0.4) is 0 Å². The lowest BCUT2D eigenvalue weighted by atomic mass is 9.98. The maximum absolute atomic E-state index is 12.0. The minimum Gasteiger partial charge on any atom is -0.480 e. The quantitative estimate of drug-likeness (QED) is 0.751. The predicted molar refractivity (Wildman–Crippen MR) is 40.7 cm³/mol. The van der Waals surface area contributed by atoms with Crippen molar-refractivity contribution in [3.05, 3.63) is 0 Å². The molecule has 0 aliphatic carbocycles. The van der Waals surface area contributed by atoms with Crippen LogP contribution < -0.4 is 5.32 Å². The zero-order valence-electron chi connectivity index (χ0n) is 7.99. The summed E-state index contributed by atoms with van der Waals surface area (Å²) in [4.78, 5) is 10.3. The molecule has 0 saturated carbocycles. The van der Waals surface area contributed by atoms with E-state index in [9.17, 15) is 31.1 Å². The van der Waals surface area contributed by atoms with Gasteiger partial charge in [-0.3, -0.25) is 4.79 Å². The summed E-state index contributed by atoms with van der Waals surface area (Å²) in [6.45, 7) is 0. The maximum atomic E-state index is 12.0. The van der Waals surface area contributed by atoms with Crippen molar-refractivity contribution < 1.29 is 36.2 Å². The number of rotatable bonds is 4. The number of alkyl halides is 6. The third-order valence-corrected chi connectivity index (χ3v) is 1.91. The largest absolute Gasteiger partial charge is 0.480 e. The van der Waals surface area contributed by atoms with Crippen molar-refractivity contribution in [1.29, 1.82) is 0 Å². The van der Waals surface area contributed by atoms with Gasteiger partial charge in [-0.05, 0) is 13.5 Å². The first-order chi connectivity index (χ1) is 7.00. The molecule has 0 rings (SSSR count). The number of nitrogens with one attached hydrogen (secondary N) is 1. The minimum absolute atomic E-state index is 0.975. The number of hydrogen-bond acceptors (Lipinski definition) is 2. The van der Waals surface area contributed by atoms with Gasteiger partial charge in [0.05, 0.1) is 0 Å². The molecule has 0 spiro atoms. The van der Waals surface area contributed by atoms with E-state index in [0.717, 1.165) is 7.05 Å². The Kier molecular flexibility index (Phi) is 4.59. The molecule has 0 aromatic carbocycles. The van der Waals surface area contributed by atoms with Crippen LogP contribution >= 0.6 is 0 Å². The summed E-state index contributed by atoms with van der Waals surface area (Å²) >= 11 is 0. The predicted octanol–water partition coefficient (Wildman–Crippen LogP) is 1.79. The van der Waals surface area contributed by atoms with Gasteiger partial charge in [0.15, 0.2) is 5.92 Å². The van der Waals surface area contributed by atoms with Crippen LogP contribution in [0.25, 0.3) is 0 Å². The molecule has 96 valence electrons. The highest BCUT2D eigenvalue weighted by Crippen LogP contribution is 2.41. The third-order valence-electron chi connectivity index (χ3n) is 1.91. The Bertz CT molecular complexity index is 234. The van der Waals surface area contributed by atoms with Crippen molar-refractivity contribution in [1.82, 2.24) is 5.32 Å². The SMILES string of the molecule is CN[C@@H](CC(C(F)(F)F)C(F)(F)F)C(=O)O. The van der Waals surface area contributed by atoms with Crippen LogP contribution in [0, 0.1) is 5.92 Å². The molecule has 0 aromatic heterocycles. The summed E-state index contributed by atoms with van der Waals surface area (Å²) in [7, 11) is 0.975. The van der Waals surface area contributed by atoms with Crippen LogP contribution in [0.1, 0.15) is 6.42 Å². The van der Waals surface area contributed by atoms with Crippen LogP contribution in [-0.4, -0.2) is 36.5 Å². The van der Waals surface area contributed by atoms with Crippen molar-refractivity contribution in [2.75, 3.05) is 7.05 Å². The standard InChI is InChI=1S/C7H9F6NO2/c1-14-3(5(15)16)2-4(6(8,9)10)7(11,12)13/h3-4,14H,2H2,1H3,(H,15,16)/t3-/m0/s1. The highest BCUT2D eigenvalue weighted by molar-refractivity contribution is 5.73. The number of carboxylic acids is 1. The van der Waals surface area contributed by atoms with Gasteiger partial charge in [-0.2, -0.15) is 26.3 Å². The summed E-state index contributed by atoms with van der Waals surface area (Å²) in [6, 6.07) is -1.90. The van der Waals surface area contributed by atoms with Crippen LogP contribution in [0.2, 0.25) is 0 Å². The second-order valence-electron chi connectivity index (χ2n) is 3.05. The first-order valence-corrected chi connectivity index (χ1v) is 4.03. The molecule has 9 heteroatoms. The van der Waals surface area contributed by atoms with E-state index in [4.69, 9.17) is 5.11 Å². The van der Waals surface area contributed by atoms with Crippen molar-refractivity contribution >= 4 is 5.97 Å². The van der Waals surface area contributed by atoms with E-state index in [1.165, 1.54) is 0 Å². The fourth-order valence-electron chi connectivity index (χ4n) is 1.03. The van der Waals surface area contributed by atoms with Crippen molar-refractivity contribution in [2.24, 2.45) is 5.92 Å². The van der Waals surface area contributed by atoms with Gasteiger partial charge in [0, 0.05) is 0 Å². The van der Waals surface area contributed by atoms with Gasteiger partial charge in [0.25, 0.3) is 0 Å². The molecule has 0 aromatic rings. The molecule has 16 heavy (non-hydrogen) atoms. The molecular formula is C7H9F6NO2. The molecule has 3 nitrogen and oxygen atoms in total. The number of aliphatic carboxylic acids is 1. The summed E-state index contributed by atoms with van der Waals surface area (Å²) in [5, 5.41) is 10.2. The normalized spacial score (nSPS) is 15.2. The zero-order valence-corrected chi connectivity index (χ0v) is 7.99. The van der Waals surface area contributed by atoms with Gasteiger partial charge in [0.2, 0.25) is 0 Å². The highest BCUT2D eigenvalue weighted by Gasteiger charge is 2.57. The Morgan fingerprint density at radius 3 is 1.75 bits per heavy atom. The summed E-state index contributed by atoms with van der Waals surface area (Å²) in [5.41, 5.74) is 0. The maximum Gasteiger partial charge on any atom is 0.400 e. The zero-order chi connectivity index (χ0) is 13.1. The summed E-state index contributed by atoms with van der Waals surface area (Å²) in [5.74, 6) is -5.41. The first-order valence-electron chi connectivity index (χ1n) is 4.03. The van der Waals surface area contributed by atoms with Gasteiger partial charge in [-0.25, -0.2) is 0 Å². The molecule has 0 amide bonds. The molecule has 0 bridgehead atoms. The second kappa shape index (κ2) is 4.89. The van der Waals surface area contributed by atoms with Gasteiger partial charge in [-0.15, -0.1) is 0 Å². The van der Waals surface area contributed by atoms with Crippen molar-refractivity contribution in [3.63, 3.8) is 0 Å². The fourth-order valence-corrected chi connectivity index (χ4v) is 1.03. The Morgan fingerprint density at radius 1 is 1.19 bits per heavy atom. The molecule has 0 unspecified atom stereocenters. The second-order valence-corrected chi connectivity index (χ2v) is 3.05. The van der Waals surface area contributed by atoms with E-state index in [2.05, 4.69) is 0 Å². The van der Waals surface area contributed by atoms with E-state index in [1.807, 2.05) is 5.32 Å². The van der Waals surface area contributed by atoms with Gasteiger partial charge in [-0.1, -0.05) is 0 Å². The number of carbonyl (C=O) groups is 1. The van der Waals surface area contributed by atoms with Crippen molar-refractivity contribution in [2.45, 2.75) is 24.8 Å². The molecule has 0 fully saturated rings. The van der Waals surface area contributed by atoms with Crippen LogP contribution in [0.15, 0.2) is 0 Å². The lowest BCUT2D eigenvalue weighted by Crippen LogP contribution is -2.44. The smallest absolute Gasteiger partial charge is 0.400 e. The average molecular weight is 253 g/mol. The summed E-state index contributed by atoms with van der Waals surface area (Å²) < 4.78 is 72.2. The molecule has 0 radical (unpaired) electrons. The van der Waals surface area contributed by atoms with E-state index < -0.39 is 36.7 Å². The van der Waals surface area contributed by atoms with E-state index in [0.29, 0.717) is 0 Å². The monoisotopic (exact) mass is 253 g/mol. The van der Waals surface area contributed by atoms with Gasteiger partial charge >= 0.3 is 18.3 Å². The molecule has 0 heterocycles. The van der Waals surface area contributed by atoms with E-state index >= 15 is 0 Å². The van der Waals surface area contributed by atoms with Crippen molar-refractivity contribution in [3.8, 4) is 0 Å². The molecule has 1 atom stereocenters. The topological polar surface area (TPSA) is 49.3 Å². The molecule has 0 aliphatic heterocycles. The van der Waals surface area contributed by atoms with E-state index in [1.54, 1.807) is 0 Å². The Labute approximate surface area is 86.4 Å². The first kappa shape index (κ1) is 15.0. The average Bonchev–Trinajstić information content (AvgIpc) is 1.99. The van der Waals surface area contributed by atoms with Gasteiger partial charge in [0.1, 0.15) is 6.04 Å². The number of likely N-dealkylation sites (N-methyl/N-ethyl adjacent to an activating group) is 1. The fraction of sp³-hybridized carbons (Fsp3) is 0.857. The summed E-state index contributed by atoms with van der Waals surface area (Å²) in [6.07, 6.45) is -12.6. The van der Waals surface area contributed by atoms with Crippen LogP contribution in [0.5, 0.6) is 0 Å². The third kappa shape index (κ3) is 4.25. The Hall–Kier alpha value is -0.990. The number of carboxylic acid groups (broad SMARTS) is 1. The highest BCUT2D eigenvalue weighted by atomic mass is 19.4. The van der Waals surface area contributed by atoms with E-state index in [-0.39, 0.29) is 0 Å². The molecular weight excluding hydrogens is 244 g/mol. The molecule has 2 N–H and O–H groups in total. The molecule has 0 aliphatic rings. The minimum atomic E-state index is -5.51. The Balaban J connectivity index is 4.88. The lowest BCUT2D eigenvalue weighted by Gasteiger charge is -2.25. The van der Waals surface area contributed by atoms with Gasteiger partial charge < -0.3 is 10.4 Å². The Morgan fingerprint density at radius 2 is 1.56 bits per heavy atom. The van der Waals surface area contributed by atoms with Crippen LogP contribution in [0.4, 0.5) is 26.3 Å². The lowest BCUT2D eigenvalue weighted by molar-refractivity contribution is -0.286.